The van der Waals surface area contributed by atoms with Crippen molar-refractivity contribution in [2.45, 2.75) is 25.7 Å². The minimum Gasteiger partial charge on any atom is -0.357 e. The number of pyridine rings is 2. The Morgan fingerprint density at radius 3 is 2.62 bits per heavy atom. The minimum atomic E-state index is -0.0180. The summed E-state index contributed by atoms with van der Waals surface area (Å²) in [5.74, 6) is 1.71. The van der Waals surface area contributed by atoms with Gasteiger partial charge in [-0.25, -0.2) is 4.98 Å². The van der Waals surface area contributed by atoms with E-state index in [1.807, 2.05) is 18.2 Å². The zero-order valence-electron chi connectivity index (χ0n) is 16.3. The van der Waals surface area contributed by atoms with Crippen LogP contribution in [-0.2, 0) is 0 Å². The highest BCUT2D eigenvalue weighted by atomic mass is 16.1. The second-order valence-corrected chi connectivity index (χ2v) is 7.58. The van der Waals surface area contributed by atoms with E-state index in [2.05, 4.69) is 56.2 Å². The van der Waals surface area contributed by atoms with Gasteiger partial charge < -0.3 is 10.2 Å². The lowest BCUT2D eigenvalue weighted by Crippen LogP contribution is -2.20. The van der Waals surface area contributed by atoms with Gasteiger partial charge in [0.15, 0.2) is 5.43 Å². The third-order valence-electron chi connectivity index (χ3n) is 5.59. The smallest absolute Gasteiger partial charge is 0.193 e. The number of anilines is 2. The number of para-hydroxylation sites is 1. The summed E-state index contributed by atoms with van der Waals surface area (Å²) in [5.41, 5.74) is 2.89. The summed E-state index contributed by atoms with van der Waals surface area (Å²) in [6.07, 6.45) is 12.6. The number of nitrogens with zero attached hydrogens (tertiary/aromatic N) is 3. The van der Waals surface area contributed by atoms with E-state index < -0.39 is 0 Å². The quantitative estimate of drug-likeness (QED) is 0.694. The lowest BCUT2D eigenvalue weighted by atomic mass is 10.1. The van der Waals surface area contributed by atoms with Crippen LogP contribution in [0.5, 0.6) is 0 Å². The first kappa shape index (κ1) is 17.7. The standard InChI is InChI=1S/C24H24N4O.H2/c29-22-16-24(26-18-9-3-1-4-10-18)28(19-11-5-2-6-12-19)21-15-23(25-17-20(21)22)27-13-7-8-14-27;/h2-3,5-6,9-12,15-17,26H,1,4,7-8,13-14H2;1H. The van der Waals surface area contributed by atoms with E-state index in [-0.39, 0.29) is 6.86 Å². The van der Waals surface area contributed by atoms with E-state index in [4.69, 9.17) is 0 Å². The molecule has 2 aliphatic rings. The molecular weight excluding hydrogens is 360 g/mol. The first-order chi connectivity index (χ1) is 14.3. The van der Waals surface area contributed by atoms with Crippen LogP contribution in [0.2, 0.25) is 0 Å². The number of fused-ring (bicyclic) bond motifs is 1. The van der Waals surface area contributed by atoms with Gasteiger partial charge in [-0.05, 0) is 43.9 Å². The second-order valence-electron chi connectivity index (χ2n) is 7.58. The van der Waals surface area contributed by atoms with Gasteiger partial charge in [-0.2, -0.15) is 0 Å². The maximum atomic E-state index is 12.9. The van der Waals surface area contributed by atoms with Gasteiger partial charge in [-0.15, -0.1) is 0 Å². The number of allylic oxidation sites excluding steroid dienone is 3. The molecule has 3 heterocycles. The predicted molar refractivity (Wildman–Crippen MR) is 121 cm³/mol. The zero-order chi connectivity index (χ0) is 19.6. The van der Waals surface area contributed by atoms with Crippen LogP contribution in [0.15, 0.2) is 77.4 Å². The Hall–Kier alpha value is -3.34. The van der Waals surface area contributed by atoms with Crippen molar-refractivity contribution in [2.75, 3.05) is 23.3 Å². The molecule has 0 amide bonds. The van der Waals surface area contributed by atoms with Crippen molar-refractivity contribution >= 4 is 22.5 Å². The molecule has 0 saturated carbocycles. The summed E-state index contributed by atoms with van der Waals surface area (Å²) in [6, 6.07) is 13.9. The fourth-order valence-corrected chi connectivity index (χ4v) is 4.13. The number of rotatable bonds is 4. The first-order valence-corrected chi connectivity index (χ1v) is 10.3. The summed E-state index contributed by atoms with van der Waals surface area (Å²) in [7, 11) is 0. The molecule has 1 N–H and O–H groups in total. The monoisotopic (exact) mass is 386 g/mol. The summed E-state index contributed by atoms with van der Waals surface area (Å²) >= 11 is 0. The van der Waals surface area contributed by atoms with Crippen LogP contribution in [0.4, 0.5) is 11.6 Å². The topological polar surface area (TPSA) is 50.2 Å². The Morgan fingerprint density at radius 2 is 1.86 bits per heavy atom. The van der Waals surface area contributed by atoms with Crippen LogP contribution >= 0.6 is 0 Å². The number of benzene rings is 1. The molecule has 1 saturated heterocycles. The molecule has 3 aromatic rings. The molecule has 5 rings (SSSR count). The van der Waals surface area contributed by atoms with E-state index in [1.54, 1.807) is 12.3 Å². The predicted octanol–water partition coefficient (Wildman–Crippen LogP) is 4.88. The van der Waals surface area contributed by atoms with Gasteiger partial charge in [-0.3, -0.25) is 9.36 Å². The largest absolute Gasteiger partial charge is 0.357 e. The van der Waals surface area contributed by atoms with Gasteiger partial charge in [0.05, 0.1) is 10.9 Å². The SMILES string of the molecule is O=c1cc(NC2=CCCC=C2)n(-c2ccccc2)c2cc(N3CCCC3)ncc12.[HH]. The van der Waals surface area contributed by atoms with Gasteiger partial charge in [-0.1, -0.05) is 30.4 Å². The Morgan fingerprint density at radius 1 is 1.03 bits per heavy atom. The maximum absolute atomic E-state index is 12.9. The fraction of sp³-hybridized carbons (Fsp3) is 0.250. The second kappa shape index (κ2) is 7.59. The summed E-state index contributed by atoms with van der Waals surface area (Å²) in [6.45, 7) is 2.04. The summed E-state index contributed by atoms with van der Waals surface area (Å²) in [5, 5.41) is 4.11. The highest BCUT2D eigenvalue weighted by Gasteiger charge is 2.17. The number of hydrogen-bond acceptors (Lipinski definition) is 4. The van der Waals surface area contributed by atoms with Gasteiger partial charge >= 0.3 is 0 Å². The number of aromatic nitrogens is 2. The molecule has 1 aliphatic carbocycles. The average Bonchev–Trinajstić information content (AvgIpc) is 3.30. The van der Waals surface area contributed by atoms with Crippen molar-refractivity contribution in [3.05, 3.63) is 82.8 Å². The van der Waals surface area contributed by atoms with Crippen LogP contribution in [0.1, 0.15) is 27.1 Å². The molecule has 0 bridgehead atoms. The van der Waals surface area contributed by atoms with Crippen LogP contribution in [0.3, 0.4) is 0 Å². The Labute approximate surface area is 171 Å². The normalized spacial score (nSPS) is 16.3. The molecular formula is C24H26N4O. The van der Waals surface area contributed by atoms with Gasteiger partial charge in [0.25, 0.3) is 0 Å². The van der Waals surface area contributed by atoms with E-state index >= 15 is 0 Å². The van der Waals surface area contributed by atoms with Crippen LogP contribution < -0.4 is 15.6 Å². The van der Waals surface area contributed by atoms with Crippen molar-refractivity contribution in [1.82, 2.24) is 9.55 Å². The average molecular weight is 386 g/mol. The molecule has 5 heteroatoms. The van der Waals surface area contributed by atoms with E-state index in [0.29, 0.717) is 5.39 Å². The maximum Gasteiger partial charge on any atom is 0.193 e. The fourth-order valence-electron chi connectivity index (χ4n) is 4.13. The van der Waals surface area contributed by atoms with Crippen molar-refractivity contribution in [1.29, 1.82) is 0 Å². The lowest BCUT2D eigenvalue weighted by Gasteiger charge is -2.21. The van der Waals surface area contributed by atoms with Crippen molar-refractivity contribution in [3.8, 4) is 5.69 Å². The molecule has 0 radical (unpaired) electrons. The Balaban J connectivity index is 0.00000218. The van der Waals surface area contributed by atoms with Gasteiger partial charge in [0.1, 0.15) is 11.6 Å². The number of hydrogen-bond donors (Lipinski definition) is 1. The molecule has 1 fully saturated rings. The third kappa shape index (κ3) is 3.44. The molecule has 29 heavy (non-hydrogen) atoms. The van der Waals surface area contributed by atoms with Gasteiger partial charge in [0, 0.05) is 44.2 Å². The molecule has 148 valence electrons. The Bertz CT molecular complexity index is 1160. The summed E-state index contributed by atoms with van der Waals surface area (Å²) in [4.78, 5) is 19.8. The highest BCUT2D eigenvalue weighted by molar-refractivity contribution is 5.85. The van der Waals surface area contributed by atoms with E-state index in [9.17, 15) is 4.79 Å². The molecule has 5 nitrogen and oxygen atoms in total. The van der Waals surface area contributed by atoms with Gasteiger partial charge in [0.2, 0.25) is 0 Å². The van der Waals surface area contributed by atoms with Crippen LogP contribution in [0.25, 0.3) is 16.6 Å². The van der Waals surface area contributed by atoms with E-state index in [1.165, 1.54) is 12.8 Å². The van der Waals surface area contributed by atoms with Crippen LogP contribution in [0, 0.1) is 0 Å². The van der Waals surface area contributed by atoms with E-state index in [0.717, 1.165) is 54.5 Å². The molecule has 0 atom stereocenters. The summed E-state index contributed by atoms with van der Waals surface area (Å²) < 4.78 is 2.13. The van der Waals surface area contributed by atoms with Crippen molar-refractivity contribution < 1.29 is 1.43 Å². The van der Waals surface area contributed by atoms with Crippen molar-refractivity contribution in [3.63, 3.8) is 0 Å². The van der Waals surface area contributed by atoms with Crippen LogP contribution in [-0.4, -0.2) is 22.6 Å². The zero-order valence-corrected chi connectivity index (χ0v) is 16.3. The Kier molecular flexibility index (Phi) is 4.64. The minimum absolute atomic E-state index is 0. The molecule has 1 aliphatic heterocycles. The lowest BCUT2D eigenvalue weighted by molar-refractivity contribution is 0.937. The molecule has 0 unspecified atom stereocenters. The number of nitrogens with one attached hydrogen (secondary N) is 1. The highest BCUT2D eigenvalue weighted by Crippen LogP contribution is 2.27. The third-order valence-corrected chi connectivity index (χ3v) is 5.59. The molecule has 2 aromatic heterocycles. The molecule has 0 spiro atoms. The molecule has 1 aromatic carbocycles. The van der Waals surface area contributed by atoms with Crippen molar-refractivity contribution in [2.24, 2.45) is 0 Å². The first-order valence-electron chi connectivity index (χ1n) is 10.3.